The van der Waals surface area contributed by atoms with Gasteiger partial charge in [-0.1, -0.05) is 39.5 Å². The maximum Gasteiger partial charge on any atom is 0.407 e. The van der Waals surface area contributed by atoms with Gasteiger partial charge in [0.05, 0.1) is 0 Å². The largest absolute Gasteiger partial charge is 0.444 e. The lowest BCUT2D eigenvalue weighted by molar-refractivity contribution is 0.0518. The molecule has 4 nitrogen and oxygen atoms in total. The standard InChI is InChI=1S/C17H34N2O2/c1-13(2)15(12-18-16(20)21-17(3,4)5)19-14-10-8-6-7-9-11-14/h13-15,19H,6-12H2,1-5H3,(H,18,20). The molecule has 0 aromatic heterocycles. The van der Waals surface area contributed by atoms with Gasteiger partial charge < -0.3 is 15.4 Å². The molecule has 1 amide bonds. The Labute approximate surface area is 130 Å². The van der Waals surface area contributed by atoms with Gasteiger partial charge in [0.1, 0.15) is 5.60 Å². The summed E-state index contributed by atoms with van der Waals surface area (Å²) in [5.41, 5.74) is -0.438. The first-order chi connectivity index (χ1) is 9.78. The van der Waals surface area contributed by atoms with Crippen molar-refractivity contribution in [2.75, 3.05) is 6.54 Å². The van der Waals surface area contributed by atoms with Crippen LogP contribution in [0.1, 0.15) is 73.1 Å². The number of carbonyl (C=O) groups excluding carboxylic acids is 1. The maximum absolute atomic E-state index is 11.8. The van der Waals surface area contributed by atoms with E-state index in [4.69, 9.17) is 4.74 Å². The normalized spacial score (nSPS) is 19.1. The number of carbonyl (C=O) groups is 1. The fourth-order valence-electron chi connectivity index (χ4n) is 2.74. The Morgan fingerprint density at radius 1 is 1.14 bits per heavy atom. The van der Waals surface area contributed by atoms with Crippen molar-refractivity contribution < 1.29 is 9.53 Å². The van der Waals surface area contributed by atoms with Crippen LogP contribution in [0.5, 0.6) is 0 Å². The highest BCUT2D eigenvalue weighted by atomic mass is 16.6. The highest BCUT2D eigenvalue weighted by Crippen LogP contribution is 2.18. The summed E-state index contributed by atoms with van der Waals surface area (Å²) in [4.78, 5) is 11.8. The molecule has 1 fully saturated rings. The summed E-state index contributed by atoms with van der Waals surface area (Å²) in [6, 6.07) is 0.904. The molecule has 0 aromatic carbocycles. The van der Waals surface area contributed by atoms with Crippen LogP contribution in [-0.4, -0.2) is 30.3 Å². The van der Waals surface area contributed by atoms with Crippen LogP contribution in [0.2, 0.25) is 0 Å². The molecule has 1 unspecified atom stereocenters. The Hall–Kier alpha value is -0.770. The zero-order chi connectivity index (χ0) is 15.9. The third-order valence-electron chi connectivity index (χ3n) is 3.97. The van der Waals surface area contributed by atoms with Crippen molar-refractivity contribution in [3.8, 4) is 0 Å². The molecular weight excluding hydrogens is 264 g/mol. The maximum atomic E-state index is 11.8. The van der Waals surface area contributed by atoms with Crippen LogP contribution in [0.15, 0.2) is 0 Å². The van der Waals surface area contributed by atoms with Gasteiger partial charge in [0.25, 0.3) is 0 Å². The van der Waals surface area contributed by atoms with Gasteiger partial charge in [-0.05, 0) is 39.5 Å². The number of amides is 1. The van der Waals surface area contributed by atoms with Crippen LogP contribution in [0, 0.1) is 5.92 Å². The SMILES string of the molecule is CC(C)C(CNC(=O)OC(C)(C)C)NC1CCCCCC1. The molecule has 0 bridgehead atoms. The monoisotopic (exact) mass is 298 g/mol. The number of rotatable bonds is 5. The van der Waals surface area contributed by atoms with Gasteiger partial charge in [-0.3, -0.25) is 0 Å². The zero-order valence-electron chi connectivity index (χ0n) is 14.5. The lowest BCUT2D eigenvalue weighted by Crippen LogP contribution is -2.48. The average Bonchev–Trinajstić information content (AvgIpc) is 2.60. The van der Waals surface area contributed by atoms with Crippen molar-refractivity contribution in [3.05, 3.63) is 0 Å². The van der Waals surface area contributed by atoms with Crippen LogP contribution < -0.4 is 10.6 Å². The Morgan fingerprint density at radius 2 is 1.71 bits per heavy atom. The Kier molecular flexibility index (Phi) is 7.50. The van der Waals surface area contributed by atoms with E-state index in [2.05, 4.69) is 24.5 Å². The molecule has 0 spiro atoms. The molecule has 124 valence electrons. The number of alkyl carbamates (subject to hydrolysis) is 1. The average molecular weight is 298 g/mol. The van der Waals surface area contributed by atoms with E-state index in [1.807, 2.05) is 20.8 Å². The van der Waals surface area contributed by atoms with Crippen molar-refractivity contribution in [1.82, 2.24) is 10.6 Å². The summed E-state index contributed by atoms with van der Waals surface area (Å²) in [7, 11) is 0. The van der Waals surface area contributed by atoms with E-state index < -0.39 is 5.60 Å². The first kappa shape index (κ1) is 18.3. The summed E-state index contributed by atoms with van der Waals surface area (Å²) >= 11 is 0. The third-order valence-corrected chi connectivity index (χ3v) is 3.97. The van der Waals surface area contributed by atoms with E-state index in [0.717, 1.165) is 0 Å². The predicted octanol–water partition coefficient (Wildman–Crippen LogP) is 3.85. The summed E-state index contributed by atoms with van der Waals surface area (Å²) in [6.45, 7) is 10.7. The van der Waals surface area contributed by atoms with E-state index >= 15 is 0 Å². The third kappa shape index (κ3) is 8.30. The van der Waals surface area contributed by atoms with Gasteiger partial charge >= 0.3 is 6.09 Å². The molecule has 1 rings (SSSR count). The fraction of sp³-hybridized carbons (Fsp3) is 0.941. The van der Waals surface area contributed by atoms with Gasteiger partial charge in [-0.15, -0.1) is 0 Å². The molecule has 0 heterocycles. The Morgan fingerprint density at radius 3 is 2.19 bits per heavy atom. The molecule has 2 N–H and O–H groups in total. The molecule has 0 aromatic rings. The molecule has 1 aliphatic rings. The van der Waals surface area contributed by atoms with Crippen molar-refractivity contribution in [2.24, 2.45) is 5.92 Å². The number of hydrogen-bond acceptors (Lipinski definition) is 3. The smallest absolute Gasteiger partial charge is 0.407 e. The van der Waals surface area contributed by atoms with Crippen LogP contribution in [0.25, 0.3) is 0 Å². The lowest BCUT2D eigenvalue weighted by Gasteiger charge is -2.28. The van der Waals surface area contributed by atoms with E-state index in [9.17, 15) is 4.79 Å². The van der Waals surface area contributed by atoms with Crippen LogP contribution in [-0.2, 0) is 4.74 Å². The quantitative estimate of drug-likeness (QED) is 0.758. The van der Waals surface area contributed by atoms with Crippen molar-refractivity contribution in [3.63, 3.8) is 0 Å². The molecule has 4 heteroatoms. The topological polar surface area (TPSA) is 50.4 Å². The highest BCUT2D eigenvalue weighted by Gasteiger charge is 2.21. The van der Waals surface area contributed by atoms with Crippen LogP contribution in [0.4, 0.5) is 4.79 Å². The van der Waals surface area contributed by atoms with Crippen LogP contribution in [0.3, 0.4) is 0 Å². The van der Waals surface area contributed by atoms with Crippen molar-refractivity contribution in [2.45, 2.75) is 90.8 Å². The van der Waals surface area contributed by atoms with E-state index in [-0.39, 0.29) is 6.09 Å². The molecule has 0 radical (unpaired) electrons. The van der Waals surface area contributed by atoms with E-state index in [1.54, 1.807) is 0 Å². The van der Waals surface area contributed by atoms with Gasteiger partial charge in [0, 0.05) is 18.6 Å². The fourth-order valence-corrected chi connectivity index (χ4v) is 2.74. The lowest BCUT2D eigenvalue weighted by atomic mass is 10.0. The minimum atomic E-state index is -0.438. The summed E-state index contributed by atoms with van der Waals surface area (Å²) in [6.07, 6.45) is 7.56. The van der Waals surface area contributed by atoms with Gasteiger partial charge in [-0.2, -0.15) is 0 Å². The summed E-state index contributed by atoms with van der Waals surface area (Å²) in [5.74, 6) is 0.489. The number of ether oxygens (including phenoxy) is 1. The molecule has 1 atom stereocenters. The van der Waals surface area contributed by atoms with Gasteiger partial charge in [0.2, 0.25) is 0 Å². The second kappa shape index (κ2) is 8.62. The number of nitrogens with one attached hydrogen (secondary N) is 2. The minimum Gasteiger partial charge on any atom is -0.444 e. The Balaban J connectivity index is 2.40. The molecule has 0 aliphatic heterocycles. The van der Waals surface area contributed by atoms with Crippen molar-refractivity contribution in [1.29, 1.82) is 0 Å². The highest BCUT2D eigenvalue weighted by molar-refractivity contribution is 5.67. The molecule has 21 heavy (non-hydrogen) atoms. The summed E-state index contributed by atoms with van der Waals surface area (Å²) < 4.78 is 5.30. The molecule has 1 saturated carbocycles. The predicted molar refractivity (Wildman–Crippen MR) is 87.5 cm³/mol. The first-order valence-electron chi connectivity index (χ1n) is 8.51. The zero-order valence-corrected chi connectivity index (χ0v) is 14.5. The second-order valence-electron chi connectivity index (χ2n) is 7.59. The molecule has 1 aliphatic carbocycles. The second-order valence-corrected chi connectivity index (χ2v) is 7.59. The van der Waals surface area contributed by atoms with Crippen molar-refractivity contribution >= 4 is 6.09 Å². The summed E-state index contributed by atoms with van der Waals surface area (Å²) in [5, 5.41) is 6.65. The van der Waals surface area contributed by atoms with Crippen LogP contribution >= 0.6 is 0 Å². The Bertz CT molecular complexity index is 302. The first-order valence-corrected chi connectivity index (χ1v) is 8.51. The van der Waals surface area contributed by atoms with Gasteiger partial charge in [-0.25, -0.2) is 4.79 Å². The number of hydrogen-bond donors (Lipinski definition) is 2. The molecule has 0 saturated heterocycles. The molecular formula is C17H34N2O2. The minimum absolute atomic E-state index is 0.306. The van der Waals surface area contributed by atoms with E-state index in [0.29, 0.717) is 24.5 Å². The van der Waals surface area contributed by atoms with E-state index in [1.165, 1.54) is 38.5 Å². The van der Waals surface area contributed by atoms with Gasteiger partial charge in [0.15, 0.2) is 0 Å².